The Bertz CT molecular complexity index is 321. The number of hydrogen-bond acceptors (Lipinski definition) is 2. The molecule has 0 fully saturated rings. The van der Waals surface area contributed by atoms with Gasteiger partial charge in [0.05, 0.1) is 5.92 Å². The summed E-state index contributed by atoms with van der Waals surface area (Å²) in [4.78, 5) is 14.8. The lowest BCUT2D eigenvalue weighted by molar-refractivity contribution is -0.139. The molecule has 0 spiro atoms. The third-order valence-electron chi connectivity index (χ3n) is 2.04. The van der Waals surface area contributed by atoms with Crippen LogP contribution in [-0.2, 0) is 4.79 Å². The second-order valence-electron chi connectivity index (χ2n) is 3.47. The maximum absolute atomic E-state index is 11.0. The molecular formula is C10H12ClNO2. The molecule has 1 aromatic rings. The Morgan fingerprint density at radius 1 is 1.50 bits per heavy atom. The van der Waals surface area contributed by atoms with Gasteiger partial charge in [-0.3, -0.25) is 4.79 Å². The van der Waals surface area contributed by atoms with Crippen molar-refractivity contribution < 1.29 is 9.90 Å². The first-order chi connectivity index (χ1) is 6.52. The Hall–Kier alpha value is -1.09. The van der Waals surface area contributed by atoms with Crippen molar-refractivity contribution in [3.05, 3.63) is 29.0 Å². The lowest BCUT2D eigenvalue weighted by atomic mass is 9.90. The van der Waals surface area contributed by atoms with Gasteiger partial charge in [0.25, 0.3) is 0 Å². The van der Waals surface area contributed by atoms with Gasteiger partial charge < -0.3 is 5.11 Å². The van der Waals surface area contributed by atoms with Crippen LogP contribution in [0.4, 0.5) is 0 Å². The van der Waals surface area contributed by atoms with Crippen molar-refractivity contribution in [3.8, 4) is 0 Å². The van der Waals surface area contributed by atoms with Gasteiger partial charge in [0, 0.05) is 6.20 Å². The molecule has 0 aliphatic heterocycles. The van der Waals surface area contributed by atoms with Crippen molar-refractivity contribution >= 4 is 17.6 Å². The normalized spacial score (nSPS) is 12.9. The zero-order valence-corrected chi connectivity index (χ0v) is 8.82. The number of aliphatic carboxylic acids is 1. The van der Waals surface area contributed by atoms with Crippen LogP contribution in [0.5, 0.6) is 0 Å². The maximum atomic E-state index is 11.0. The molecule has 0 radical (unpaired) electrons. The monoisotopic (exact) mass is 213 g/mol. The number of nitrogens with zero attached hydrogens (tertiary/aromatic N) is 1. The Balaban J connectivity index is 3.00. The van der Waals surface area contributed by atoms with Crippen LogP contribution in [0.1, 0.15) is 25.3 Å². The highest BCUT2D eigenvalue weighted by molar-refractivity contribution is 6.29. The molecule has 3 nitrogen and oxygen atoms in total. The smallest absolute Gasteiger partial charge is 0.311 e. The molecule has 0 saturated heterocycles. The van der Waals surface area contributed by atoms with E-state index in [9.17, 15) is 4.79 Å². The maximum Gasteiger partial charge on any atom is 0.311 e. The van der Waals surface area contributed by atoms with E-state index in [1.165, 1.54) is 6.20 Å². The number of carboxylic acids is 1. The zero-order valence-electron chi connectivity index (χ0n) is 8.07. The molecule has 4 heteroatoms. The molecular weight excluding hydrogens is 202 g/mol. The van der Waals surface area contributed by atoms with Crippen LogP contribution in [0.15, 0.2) is 18.3 Å². The zero-order chi connectivity index (χ0) is 10.7. The summed E-state index contributed by atoms with van der Waals surface area (Å²) in [5.41, 5.74) is 0.692. The molecule has 0 amide bonds. The summed E-state index contributed by atoms with van der Waals surface area (Å²) in [7, 11) is 0. The Kier molecular flexibility index (Phi) is 3.47. The lowest BCUT2D eigenvalue weighted by Gasteiger charge is -2.15. The van der Waals surface area contributed by atoms with E-state index in [-0.39, 0.29) is 5.92 Å². The SMILES string of the molecule is CC(C)C(C(=O)O)c1ccc(Cl)nc1. The first kappa shape index (κ1) is 11.0. The third kappa shape index (κ3) is 2.45. The number of halogens is 1. The van der Waals surface area contributed by atoms with Crippen molar-refractivity contribution in [2.75, 3.05) is 0 Å². The van der Waals surface area contributed by atoms with Gasteiger partial charge in [-0.2, -0.15) is 0 Å². The van der Waals surface area contributed by atoms with Crippen molar-refractivity contribution in [1.82, 2.24) is 4.98 Å². The number of carbonyl (C=O) groups is 1. The fourth-order valence-electron chi connectivity index (χ4n) is 1.38. The highest BCUT2D eigenvalue weighted by Crippen LogP contribution is 2.24. The van der Waals surface area contributed by atoms with Crippen molar-refractivity contribution in [2.45, 2.75) is 19.8 Å². The van der Waals surface area contributed by atoms with Crippen LogP contribution in [0.3, 0.4) is 0 Å². The van der Waals surface area contributed by atoms with Crippen LogP contribution in [0.2, 0.25) is 5.15 Å². The van der Waals surface area contributed by atoms with Gasteiger partial charge in [-0.1, -0.05) is 31.5 Å². The topological polar surface area (TPSA) is 50.2 Å². The fourth-order valence-corrected chi connectivity index (χ4v) is 1.50. The van der Waals surface area contributed by atoms with Crippen LogP contribution in [0, 0.1) is 5.92 Å². The number of aromatic nitrogens is 1. The van der Waals surface area contributed by atoms with Gasteiger partial charge in [-0.25, -0.2) is 4.98 Å². The number of pyridine rings is 1. The molecule has 0 aliphatic rings. The molecule has 0 aromatic carbocycles. The molecule has 1 rings (SSSR count). The first-order valence-corrected chi connectivity index (χ1v) is 4.74. The van der Waals surface area contributed by atoms with E-state index in [2.05, 4.69) is 4.98 Å². The Morgan fingerprint density at radius 3 is 2.50 bits per heavy atom. The summed E-state index contributed by atoms with van der Waals surface area (Å²) in [5.74, 6) is -1.31. The Labute approximate surface area is 87.7 Å². The van der Waals surface area contributed by atoms with Gasteiger partial charge in [0.1, 0.15) is 5.15 Å². The third-order valence-corrected chi connectivity index (χ3v) is 2.27. The van der Waals surface area contributed by atoms with E-state index in [0.29, 0.717) is 10.7 Å². The van der Waals surface area contributed by atoms with Gasteiger partial charge in [0.2, 0.25) is 0 Å². The largest absolute Gasteiger partial charge is 0.481 e. The molecule has 0 saturated carbocycles. The highest BCUT2D eigenvalue weighted by atomic mass is 35.5. The first-order valence-electron chi connectivity index (χ1n) is 4.36. The van der Waals surface area contributed by atoms with Crippen molar-refractivity contribution in [3.63, 3.8) is 0 Å². The van der Waals surface area contributed by atoms with E-state index in [4.69, 9.17) is 16.7 Å². The number of carboxylic acid groups (broad SMARTS) is 1. The summed E-state index contributed by atoms with van der Waals surface area (Å²) in [6.45, 7) is 3.74. The van der Waals surface area contributed by atoms with Crippen LogP contribution >= 0.6 is 11.6 Å². The van der Waals surface area contributed by atoms with Gasteiger partial charge in [-0.15, -0.1) is 0 Å². The molecule has 1 N–H and O–H groups in total. The van der Waals surface area contributed by atoms with Crippen molar-refractivity contribution in [2.24, 2.45) is 5.92 Å². The van der Waals surface area contributed by atoms with Crippen LogP contribution in [-0.4, -0.2) is 16.1 Å². The average Bonchev–Trinajstić information content (AvgIpc) is 2.07. The minimum absolute atomic E-state index is 0.0375. The van der Waals surface area contributed by atoms with E-state index in [0.717, 1.165) is 0 Å². The van der Waals surface area contributed by atoms with E-state index in [1.54, 1.807) is 12.1 Å². The lowest BCUT2D eigenvalue weighted by Crippen LogP contribution is -2.17. The summed E-state index contributed by atoms with van der Waals surface area (Å²) >= 11 is 5.62. The highest BCUT2D eigenvalue weighted by Gasteiger charge is 2.23. The van der Waals surface area contributed by atoms with E-state index in [1.807, 2.05) is 13.8 Å². The average molecular weight is 214 g/mol. The molecule has 1 heterocycles. The van der Waals surface area contributed by atoms with Crippen LogP contribution in [0.25, 0.3) is 0 Å². The summed E-state index contributed by atoms with van der Waals surface area (Å²) in [6, 6.07) is 3.31. The molecule has 1 unspecified atom stereocenters. The fraction of sp³-hybridized carbons (Fsp3) is 0.400. The molecule has 1 aromatic heterocycles. The van der Waals surface area contributed by atoms with Gasteiger partial charge in [0.15, 0.2) is 0 Å². The second-order valence-corrected chi connectivity index (χ2v) is 3.86. The predicted molar refractivity (Wildman–Crippen MR) is 54.5 cm³/mol. The minimum atomic E-state index is -0.830. The molecule has 14 heavy (non-hydrogen) atoms. The number of rotatable bonds is 3. The van der Waals surface area contributed by atoms with E-state index < -0.39 is 11.9 Å². The van der Waals surface area contributed by atoms with E-state index >= 15 is 0 Å². The Morgan fingerprint density at radius 2 is 2.14 bits per heavy atom. The molecule has 0 aliphatic carbocycles. The predicted octanol–water partition coefficient (Wildman–Crippen LogP) is 2.56. The van der Waals surface area contributed by atoms with Crippen LogP contribution < -0.4 is 0 Å². The summed E-state index contributed by atoms with van der Waals surface area (Å²) < 4.78 is 0. The second kappa shape index (κ2) is 4.42. The standard InChI is InChI=1S/C10H12ClNO2/c1-6(2)9(10(13)14)7-3-4-8(11)12-5-7/h3-6,9H,1-2H3,(H,13,14). The van der Waals surface area contributed by atoms with Gasteiger partial charge >= 0.3 is 5.97 Å². The van der Waals surface area contributed by atoms with Gasteiger partial charge in [-0.05, 0) is 17.5 Å². The summed E-state index contributed by atoms with van der Waals surface area (Å²) in [6.07, 6.45) is 1.52. The molecule has 76 valence electrons. The minimum Gasteiger partial charge on any atom is -0.481 e. The molecule has 1 atom stereocenters. The molecule has 0 bridgehead atoms. The quantitative estimate of drug-likeness (QED) is 0.786. The number of hydrogen-bond donors (Lipinski definition) is 1. The summed E-state index contributed by atoms with van der Waals surface area (Å²) in [5, 5.41) is 9.38. The van der Waals surface area contributed by atoms with Crippen molar-refractivity contribution in [1.29, 1.82) is 0 Å².